The Balaban J connectivity index is 1.45. The molecule has 1 amide bonds. The lowest BCUT2D eigenvalue weighted by molar-refractivity contribution is -0.123. The van der Waals surface area contributed by atoms with Crippen LogP contribution in [-0.2, 0) is 11.4 Å². The molecule has 0 saturated carbocycles. The summed E-state index contributed by atoms with van der Waals surface area (Å²) in [6, 6.07) is 22.9. The number of carbonyl (C=O) groups excluding carboxylic acids is 1. The van der Waals surface area contributed by atoms with Gasteiger partial charge in [-0.25, -0.2) is 4.68 Å². The van der Waals surface area contributed by atoms with Crippen LogP contribution in [0.5, 0.6) is 5.75 Å². The maximum Gasteiger partial charge on any atom is 0.266 e. The lowest BCUT2D eigenvalue weighted by Crippen LogP contribution is -2.34. The molecule has 1 aromatic heterocycles. The zero-order chi connectivity index (χ0) is 26.8. The van der Waals surface area contributed by atoms with E-state index in [2.05, 4.69) is 0 Å². The predicted molar refractivity (Wildman–Crippen MR) is 160 cm³/mol. The highest BCUT2D eigenvalue weighted by Gasteiger charge is 2.34. The number of benzene rings is 3. The largest absolute Gasteiger partial charge is 0.489 e. The molecule has 3 aromatic carbocycles. The number of hydrogen-bond acceptors (Lipinski definition) is 5. The Labute approximate surface area is 241 Å². The Morgan fingerprint density at radius 1 is 1.05 bits per heavy atom. The van der Waals surface area contributed by atoms with Gasteiger partial charge in [0.2, 0.25) is 0 Å². The first kappa shape index (κ1) is 26.5. The third-order valence-electron chi connectivity index (χ3n) is 5.93. The Morgan fingerprint density at radius 2 is 1.79 bits per heavy atom. The Kier molecular flexibility index (Phi) is 7.91. The summed E-state index contributed by atoms with van der Waals surface area (Å²) in [5.74, 6) is 0.611. The molecule has 0 atom stereocenters. The summed E-state index contributed by atoms with van der Waals surface area (Å²) in [5.41, 5.74) is 4.23. The van der Waals surface area contributed by atoms with Crippen LogP contribution in [0.3, 0.4) is 0 Å². The van der Waals surface area contributed by atoms with Crippen LogP contribution in [0.4, 0.5) is 0 Å². The van der Waals surface area contributed by atoms with Crippen LogP contribution in [0, 0.1) is 0 Å². The van der Waals surface area contributed by atoms with Gasteiger partial charge in [-0.3, -0.25) is 9.69 Å². The SMILES string of the molecule is CC(C)N1C(=O)C(=Cc2cn(-c3ccccc3)nc2-c2ccc(OCc3ccc(Cl)cc3Cl)cc2)SC1=S. The van der Waals surface area contributed by atoms with Crippen LogP contribution in [-0.4, -0.2) is 30.9 Å². The van der Waals surface area contributed by atoms with Crippen LogP contribution in [0.2, 0.25) is 10.0 Å². The Hall–Kier alpha value is -3.10. The summed E-state index contributed by atoms with van der Waals surface area (Å²) >= 11 is 19.0. The van der Waals surface area contributed by atoms with Crippen LogP contribution in [0.25, 0.3) is 23.0 Å². The van der Waals surface area contributed by atoms with Crippen molar-refractivity contribution in [3.8, 4) is 22.7 Å². The number of aromatic nitrogens is 2. The van der Waals surface area contributed by atoms with Gasteiger partial charge in [-0.2, -0.15) is 5.10 Å². The van der Waals surface area contributed by atoms with E-state index in [1.54, 1.807) is 17.0 Å². The molecule has 1 fully saturated rings. The number of halogens is 2. The van der Waals surface area contributed by atoms with E-state index >= 15 is 0 Å². The maximum atomic E-state index is 13.1. The second kappa shape index (κ2) is 11.3. The highest BCUT2D eigenvalue weighted by Crippen LogP contribution is 2.36. The molecule has 1 aliphatic heterocycles. The van der Waals surface area contributed by atoms with Crippen LogP contribution in [0.15, 0.2) is 83.9 Å². The zero-order valence-corrected chi connectivity index (χ0v) is 23.7. The quantitative estimate of drug-likeness (QED) is 0.164. The lowest BCUT2D eigenvalue weighted by atomic mass is 10.1. The molecule has 0 aliphatic carbocycles. The molecule has 0 unspecified atom stereocenters. The summed E-state index contributed by atoms with van der Waals surface area (Å²) < 4.78 is 8.33. The van der Waals surface area contributed by atoms with Crippen molar-refractivity contribution in [1.82, 2.24) is 14.7 Å². The molecule has 38 heavy (non-hydrogen) atoms. The minimum absolute atomic E-state index is 0.00443. The number of para-hydroxylation sites is 1. The van der Waals surface area contributed by atoms with Crippen molar-refractivity contribution in [2.45, 2.75) is 26.5 Å². The Bertz CT molecular complexity index is 1530. The fourth-order valence-electron chi connectivity index (χ4n) is 4.01. The van der Waals surface area contributed by atoms with Gasteiger partial charge < -0.3 is 4.74 Å². The van der Waals surface area contributed by atoms with Crippen molar-refractivity contribution in [1.29, 1.82) is 0 Å². The van der Waals surface area contributed by atoms with E-state index in [-0.39, 0.29) is 11.9 Å². The fraction of sp³-hybridized carbons (Fsp3) is 0.138. The standard InChI is InChI=1S/C29H23Cl2N3O2S2/c1-18(2)34-28(35)26(38-29(34)37)14-21-16-33(23-6-4-3-5-7-23)32-27(21)19-9-12-24(13-10-19)36-17-20-8-11-22(30)15-25(20)31/h3-16,18H,17H2,1-2H3. The second-order valence-corrected chi connectivity index (χ2v) is 11.4. The average molecular weight is 581 g/mol. The topological polar surface area (TPSA) is 47.4 Å². The van der Waals surface area contributed by atoms with E-state index in [0.717, 1.165) is 28.1 Å². The van der Waals surface area contributed by atoms with Crippen molar-refractivity contribution in [2.24, 2.45) is 0 Å². The molecule has 5 rings (SSSR count). The maximum absolute atomic E-state index is 13.1. The molecule has 2 heterocycles. The van der Waals surface area contributed by atoms with Crippen LogP contribution < -0.4 is 4.74 Å². The number of nitrogens with zero attached hydrogens (tertiary/aromatic N) is 3. The summed E-state index contributed by atoms with van der Waals surface area (Å²) in [6.07, 6.45) is 3.80. The molecular weight excluding hydrogens is 557 g/mol. The zero-order valence-electron chi connectivity index (χ0n) is 20.6. The average Bonchev–Trinajstić information content (AvgIpc) is 3.44. The monoisotopic (exact) mass is 579 g/mol. The Morgan fingerprint density at radius 3 is 2.45 bits per heavy atom. The van der Waals surface area contributed by atoms with Crippen molar-refractivity contribution >= 4 is 63.5 Å². The van der Waals surface area contributed by atoms with Gasteiger partial charge in [0.1, 0.15) is 16.7 Å². The number of carbonyl (C=O) groups is 1. The number of rotatable bonds is 7. The molecule has 5 nitrogen and oxygen atoms in total. The second-order valence-electron chi connectivity index (χ2n) is 8.91. The number of thioether (sulfide) groups is 1. The molecule has 0 spiro atoms. The molecule has 0 N–H and O–H groups in total. The number of amides is 1. The van der Waals surface area contributed by atoms with Gasteiger partial charge in [0.25, 0.3) is 5.91 Å². The molecule has 1 aliphatic rings. The number of thiocarbonyl (C=S) groups is 1. The predicted octanol–water partition coefficient (Wildman–Crippen LogP) is 8.03. The lowest BCUT2D eigenvalue weighted by Gasteiger charge is -2.18. The fourth-order valence-corrected chi connectivity index (χ4v) is 5.98. The summed E-state index contributed by atoms with van der Waals surface area (Å²) in [4.78, 5) is 15.3. The highest BCUT2D eigenvalue weighted by atomic mass is 35.5. The summed E-state index contributed by atoms with van der Waals surface area (Å²) in [5, 5.41) is 6.01. The molecule has 192 valence electrons. The third kappa shape index (κ3) is 5.66. The molecule has 1 saturated heterocycles. The van der Waals surface area contributed by atoms with E-state index in [1.807, 2.05) is 91.5 Å². The highest BCUT2D eigenvalue weighted by molar-refractivity contribution is 8.26. The minimum atomic E-state index is -0.0852. The first-order chi connectivity index (χ1) is 18.3. The molecule has 0 radical (unpaired) electrons. The normalized spacial score (nSPS) is 14.7. The number of ether oxygens (including phenoxy) is 1. The third-order valence-corrected chi connectivity index (χ3v) is 7.84. The first-order valence-corrected chi connectivity index (χ1v) is 13.9. The van der Waals surface area contributed by atoms with Gasteiger partial charge in [-0.15, -0.1) is 0 Å². The first-order valence-electron chi connectivity index (χ1n) is 11.9. The van der Waals surface area contributed by atoms with E-state index in [1.165, 1.54) is 11.8 Å². The van der Waals surface area contributed by atoms with Gasteiger partial charge in [-0.05, 0) is 68.5 Å². The summed E-state index contributed by atoms with van der Waals surface area (Å²) in [7, 11) is 0. The van der Waals surface area contributed by atoms with Crippen molar-refractivity contribution < 1.29 is 9.53 Å². The van der Waals surface area contributed by atoms with E-state index in [0.29, 0.717) is 31.6 Å². The van der Waals surface area contributed by atoms with Gasteiger partial charge >= 0.3 is 0 Å². The van der Waals surface area contributed by atoms with Gasteiger partial charge in [0.15, 0.2) is 0 Å². The summed E-state index contributed by atoms with van der Waals surface area (Å²) in [6.45, 7) is 4.23. The van der Waals surface area contributed by atoms with Crippen molar-refractivity contribution in [3.63, 3.8) is 0 Å². The van der Waals surface area contributed by atoms with E-state index in [4.69, 9.17) is 45.3 Å². The van der Waals surface area contributed by atoms with E-state index in [9.17, 15) is 4.79 Å². The number of hydrogen-bond donors (Lipinski definition) is 0. The molecule has 9 heteroatoms. The van der Waals surface area contributed by atoms with Gasteiger partial charge in [-0.1, -0.05) is 71.4 Å². The minimum Gasteiger partial charge on any atom is -0.489 e. The molecule has 4 aromatic rings. The van der Waals surface area contributed by atoms with Gasteiger partial charge in [0.05, 0.1) is 16.3 Å². The molecular formula is C29H23Cl2N3O2S2. The van der Waals surface area contributed by atoms with E-state index < -0.39 is 0 Å². The smallest absolute Gasteiger partial charge is 0.266 e. The van der Waals surface area contributed by atoms with Crippen molar-refractivity contribution in [3.05, 3.63) is 105 Å². The van der Waals surface area contributed by atoms with Crippen LogP contribution in [0.1, 0.15) is 25.0 Å². The van der Waals surface area contributed by atoms with Crippen LogP contribution >= 0.6 is 47.2 Å². The van der Waals surface area contributed by atoms with Crippen molar-refractivity contribution in [2.75, 3.05) is 0 Å². The molecule has 0 bridgehead atoms. The van der Waals surface area contributed by atoms with Gasteiger partial charge in [0, 0.05) is 39.0 Å².